The van der Waals surface area contributed by atoms with Gasteiger partial charge in [-0.05, 0) is 82.6 Å². The van der Waals surface area contributed by atoms with Crippen molar-refractivity contribution < 1.29 is 19.2 Å². The standard InChI is InChI=1S/C33H57N7O4/c1-3-4-5-6-7-8-9-10-11-12-13-14-15-16-18-24-30(41)36-26-22-20-23-29(33(44)37-28-32(43)35-2)39-31(42)25-19-17-21-27-38-40-34/h7-8,10-11,13-14,29H,3-6,9,12,15-28H2,1-2H3,(H,35,43)(H,36,41)(H,37,44)(H,39,42)/b8-7-,11-10-,14-13-/t29-/m0/s1. The molecule has 0 aliphatic heterocycles. The summed E-state index contributed by atoms with van der Waals surface area (Å²) in [4.78, 5) is 51.4. The number of carbonyl (C=O) groups is 4. The van der Waals surface area contributed by atoms with Crippen LogP contribution in [0.15, 0.2) is 41.6 Å². The molecule has 0 bridgehead atoms. The molecule has 11 nitrogen and oxygen atoms in total. The molecule has 4 amide bonds. The van der Waals surface area contributed by atoms with Crippen LogP contribution in [0.5, 0.6) is 0 Å². The van der Waals surface area contributed by atoms with Crippen LogP contribution in [0.3, 0.4) is 0 Å². The fourth-order valence-electron chi connectivity index (χ4n) is 4.23. The number of hydrogen-bond donors (Lipinski definition) is 4. The molecule has 0 fully saturated rings. The molecule has 0 aromatic rings. The lowest BCUT2D eigenvalue weighted by molar-refractivity contribution is -0.130. The molecule has 44 heavy (non-hydrogen) atoms. The zero-order valence-electron chi connectivity index (χ0n) is 27.2. The fourth-order valence-corrected chi connectivity index (χ4v) is 4.23. The van der Waals surface area contributed by atoms with Crippen molar-refractivity contribution in [3.63, 3.8) is 0 Å². The third kappa shape index (κ3) is 27.3. The van der Waals surface area contributed by atoms with Gasteiger partial charge < -0.3 is 21.3 Å². The van der Waals surface area contributed by atoms with Crippen LogP contribution >= 0.6 is 0 Å². The van der Waals surface area contributed by atoms with E-state index in [1.807, 2.05) is 0 Å². The van der Waals surface area contributed by atoms with Crippen molar-refractivity contribution >= 4 is 23.6 Å². The molecular weight excluding hydrogens is 558 g/mol. The van der Waals surface area contributed by atoms with Gasteiger partial charge in [-0.1, -0.05) is 67.8 Å². The highest BCUT2D eigenvalue weighted by molar-refractivity contribution is 5.90. The van der Waals surface area contributed by atoms with Crippen LogP contribution in [0.4, 0.5) is 0 Å². The predicted octanol–water partition coefficient (Wildman–Crippen LogP) is 6.08. The Bertz CT molecular complexity index is 927. The first kappa shape index (κ1) is 40.4. The van der Waals surface area contributed by atoms with Crippen molar-refractivity contribution in [1.82, 2.24) is 21.3 Å². The van der Waals surface area contributed by atoms with E-state index in [0.717, 1.165) is 38.5 Å². The van der Waals surface area contributed by atoms with Crippen molar-refractivity contribution in [2.45, 2.75) is 122 Å². The first-order valence-corrected chi connectivity index (χ1v) is 16.4. The number of azide groups is 1. The molecule has 0 saturated carbocycles. The lowest BCUT2D eigenvalue weighted by Crippen LogP contribution is -2.48. The summed E-state index contributed by atoms with van der Waals surface area (Å²) in [6.45, 7) is 2.96. The summed E-state index contributed by atoms with van der Waals surface area (Å²) >= 11 is 0. The highest BCUT2D eigenvalue weighted by Crippen LogP contribution is 2.06. The summed E-state index contributed by atoms with van der Waals surface area (Å²) in [5.74, 6) is -0.960. The van der Waals surface area contributed by atoms with Gasteiger partial charge in [0.2, 0.25) is 23.6 Å². The van der Waals surface area contributed by atoms with Gasteiger partial charge in [-0.15, -0.1) is 0 Å². The highest BCUT2D eigenvalue weighted by Gasteiger charge is 2.20. The Labute approximate surface area is 264 Å². The van der Waals surface area contributed by atoms with Gasteiger partial charge in [-0.3, -0.25) is 19.2 Å². The first-order chi connectivity index (χ1) is 21.4. The molecule has 11 heteroatoms. The van der Waals surface area contributed by atoms with Gasteiger partial charge in [0.25, 0.3) is 0 Å². The van der Waals surface area contributed by atoms with Crippen LogP contribution in [0.1, 0.15) is 116 Å². The van der Waals surface area contributed by atoms with Crippen LogP contribution in [0.25, 0.3) is 10.4 Å². The Morgan fingerprint density at radius 2 is 1.36 bits per heavy atom. The lowest BCUT2D eigenvalue weighted by Gasteiger charge is -2.18. The van der Waals surface area contributed by atoms with E-state index >= 15 is 0 Å². The number of unbranched alkanes of at least 4 members (excludes halogenated alkanes) is 8. The molecular formula is C33H57N7O4. The zero-order valence-corrected chi connectivity index (χ0v) is 27.2. The summed E-state index contributed by atoms with van der Waals surface area (Å²) in [5.41, 5.74) is 8.31. The fraction of sp³-hybridized carbons (Fsp3) is 0.697. The van der Waals surface area contributed by atoms with Crippen molar-refractivity contribution in [3.8, 4) is 0 Å². The van der Waals surface area contributed by atoms with E-state index in [2.05, 4.69) is 74.7 Å². The van der Waals surface area contributed by atoms with E-state index < -0.39 is 11.9 Å². The Morgan fingerprint density at radius 1 is 0.727 bits per heavy atom. The average molecular weight is 616 g/mol. The molecule has 0 spiro atoms. The topological polar surface area (TPSA) is 165 Å². The second kappa shape index (κ2) is 30.9. The molecule has 4 N–H and O–H groups in total. The normalized spacial score (nSPS) is 11.9. The number of hydrogen-bond acceptors (Lipinski definition) is 5. The quantitative estimate of drug-likeness (QED) is 0.0276. The van der Waals surface area contributed by atoms with Crippen LogP contribution in [-0.2, 0) is 19.2 Å². The van der Waals surface area contributed by atoms with E-state index in [9.17, 15) is 19.2 Å². The number of nitrogens with one attached hydrogen (secondary N) is 4. The number of allylic oxidation sites excluding steroid dienone is 6. The molecule has 0 aliphatic carbocycles. The molecule has 0 radical (unpaired) electrons. The summed E-state index contributed by atoms with van der Waals surface area (Å²) < 4.78 is 0. The van der Waals surface area contributed by atoms with Crippen molar-refractivity contribution in [1.29, 1.82) is 0 Å². The van der Waals surface area contributed by atoms with Gasteiger partial charge in [0.1, 0.15) is 6.04 Å². The van der Waals surface area contributed by atoms with Crippen LogP contribution in [0, 0.1) is 0 Å². The Balaban J connectivity index is 4.14. The van der Waals surface area contributed by atoms with E-state index in [0.29, 0.717) is 51.6 Å². The number of nitrogens with zero attached hydrogens (tertiary/aromatic N) is 3. The minimum atomic E-state index is -0.758. The monoisotopic (exact) mass is 615 g/mol. The van der Waals surface area contributed by atoms with Gasteiger partial charge in [0, 0.05) is 37.9 Å². The smallest absolute Gasteiger partial charge is 0.243 e. The third-order valence-electron chi connectivity index (χ3n) is 6.86. The largest absolute Gasteiger partial charge is 0.358 e. The number of carbonyl (C=O) groups excluding carboxylic acids is 4. The van der Waals surface area contributed by atoms with Crippen LogP contribution in [-0.4, -0.2) is 56.4 Å². The maximum absolute atomic E-state index is 12.6. The average Bonchev–Trinajstić information content (AvgIpc) is 3.02. The second-order valence-corrected chi connectivity index (χ2v) is 10.7. The van der Waals surface area contributed by atoms with E-state index in [1.54, 1.807) is 0 Å². The molecule has 1 atom stereocenters. The molecule has 0 rings (SSSR count). The minimum absolute atomic E-state index is 0.0216. The lowest BCUT2D eigenvalue weighted by atomic mass is 10.1. The first-order valence-electron chi connectivity index (χ1n) is 16.4. The molecule has 0 aliphatic rings. The van der Waals surface area contributed by atoms with Gasteiger partial charge in [0.15, 0.2) is 0 Å². The molecule has 0 heterocycles. The van der Waals surface area contributed by atoms with Crippen molar-refractivity contribution in [2.24, 2.45) is 5.11 Å². The third-order valence-corrected chi connectivity index (χ3v) is 6.86. The number of likely N-dealkylation sites (N-methyl/N-ethyl adjacent to an activating group) is 1. The van der Waals surface area contributed by atoms with E-state index in [4.69, 9.17) is 5.53 Å². The van der Waals surface area contributed by atoms with Crippen LogP contribution in [0.2, 0.25) is 0 Å². The van der Waals surface area contributed by atoms with Gasteiger partial charge in [0.05, 0.1) is 6.54 Å². The van der Waals surface area contributed by atoms with Crippen molar-refractivity contribution in [3.05, 3.63) is 46.9 Å². The predicted molar refractivity (Wildman–Crippen MR) is 178 cm³/mol. The second-order valence-electron chi connectivity index (χ2n) is 10.7. The molecule has 0 aromatic carbocycles. The maximum atomic E-state index is 12.6. The minimum Gasteiger partial charge on any atom is -0.358 e. The SMILES string of the molecule is CCCCC/C=C\C/C=C\C/C=C\CCCCC(=O)NCCCC[C@H](NC(=O)CCCCCN=[N+]=[N-])C(=O)NCC(=O)NC. The Morgan fingerprint density at radius 3 is 2.02 bits per heavy atom. The van der Waals surface area contributed by atoms with Gasteiger partial charge in [-0.2, -0.15) is 0 Å². The Hall–Kier alpha value is -3.59. The van der Waals surface area contributed by atoms with Gasteiger partial charge in [-0.25, -0.2) is 0 Å². The summed E-state index contributed by atoms with van der Waals surface area (Å²) in [6.07, 6.45) is 27.4. The van der Waals surface area contributed by atoms with Gasteiger partial charge >= 0.3 is 0 Å². The number of amides is 4. The highest BCUT2D eigenvalue weighted by atomic mass is 16.2. The van der Waals surface area contributed by atoms with Crippen molar-refractivity contribution in [2.75, 3.05) is 26.7 Å². The van der Waals surface area contributed by atoms with Crippen LogP contribution < -0.4 is 21.3 Å². The summed E-state index contributed by atoms with van der Waals surface area (Å²) in [6, 6.07) is -0.758. The molecule has 248 valence electrons. The summed E-state index contributed by atoms with van der Waals surface area (Å²) in [7, 11) is 1.48. The van der Waals surface area contributed by atoms with E-state index in [1.165, 1.54) is 32.7 Å². The van der Waals surface area contributed by atoms with E-state index in [-0.39, 0.29) is 30.7 Å². The molecule has 0 unspecified atom stereocenters. The maximum Gasteiger partial charge on any atom is 0.243 e. The number of rotatable bonds is 28. The zero-order chi connectivity index (χ0) is 32.5. The summed E-state index contributed by atoms with van der Waals surface area (Å²) in [5, 5.41) is 14.2. The molecule has 0 saturated heterocycles. The molecule has 0 aromatic heterocycles. The Kier molecular flexibility index (Phi) is 28.3.